The van der Waals surface area contributed by atoms with Gasteiger partial charge in [-0.05, 0) is 51.4 Å². The third kappa shape index (κ3) is 55.1. The van der Waals surface area contributed by atoms with Gasteiger partial charge in [0.25, 0.3) is 6.29 Å². The quantitative estimate of drug-likeness (QED) is 0.0211. The molecular weight excluding hydrogens is 887 g/mol. The highest BCUT2D eigenvalue weighted by Gasteiger charge is 2.25. The lowest BCUT2D eigenvalue weighted by atomic mass is 10.0. The van der Waals surface area contributed by atoms with Crippen molar-refractivity contribution in [2.24, 2.45) is 0 Å². The number of unbranched alkanes of at least 4 members (excludes halogenated alkanes) is 35. The summed E-state index contributed by atoms with van der Waals surface area (Å²) >= 11 is 0. The van der Waals surface area contributed by atoms with Gasteiger partial charge in [-0.15, -0.1) is 0 Å². The number of rotatable bonds is 56. The zero-order valence-corrected chi connectivity index (χ0v) is 47.4. The van der Waals surface area contributed by atoms with E-state index in [1.165, 1.54) is 199 Å². The van der Waals surface area contributed by atoms with Crippen molar-refractivity contribution >= 4 is 17.9 Å². The Hall–Kier alpha value is -2.49. The number of hydrogen-bond acceptors (Lipinski definition) is 7. The van der Waals surface area contributed by atoms with Crippen LogP contribution in [0.5, 0.6) is 0 Å². The molecule has 2 atom stereocenters. The first-order chi connectivity index (χ1) is 34.6. The second-order valence-corrected chi connectivity index (χ2v) is 21.7. The van der Waals surface area contributed by atoms with Crippen LogP contribution in [0.2, 0.25) is 0 Å². The monoisotopic (exact) mass is 1000 g/mol. The summed E-state index contributed by atoms with van der Waals surface area (Å²) < 4.78 is 22.9. The fraction of sp³-hybridized carbons (Fsp3) is 0.855. The lowest BCUT2D eigenvalue weighted by molar-refractivity contribution is -0.870. The van der Waals surface area contributed by atoms with Crippen LogP contribution in [0.3, 0.4) is 0 Å². The Morgan fingerprint density at radius 3 is 1.13 bits per heavy atom. The van der Waals surface area contributed by atoms with E-state index in [0.717, 1.165) is 57.8 Å². The summed E-state index contributed by atoms with van der Waals surface area (Å²) in [6.45, 7) is 4.91. The number of carbonyl (C=O) groups excluding carboxylic acids is 2. The maximum absolute atomic E-state index is 12.9. The number of esters is 2. The van der Waals surface area contributed by atoms with Crippen LogP contribution in [0.1, 0.15) is 284 Å². The normalized spacial score (nSPS) is 13.0. The summed E-state index contributed by atoms with van der Waals surface area (Å²) in [4.78, 5) is 37.5. The smallest absolute Gasteiger partial charge is 0.361 e. The number of nitrogens with zero attached hydrogens (tertiary/aromatic N) is 1. The minimum Gasteiger partial charge on any atom is -0.477 e. The van der Waals surface area contributed by atoms with Crippen molar-refractivity contribution in [2.45, 2.75) is 296 Å². The van der Waals surface area contributed by atoms with E-state index in [4.69, 9.17) is 18.9 Å². The first kappa shape index (κ1) is 68.5. The third-order valence-electron chi connectivity index (χ3n) is 13.4. The number of carbonyl (C=O) groups is 3. The fourth-order valence-corrected chi connectivity index (χ4v) is 8.73. The molecule has 416 valence electrons. The Bertz CT molecular complexity index is 1260. The number of likely N-dealkylation sites (N-methyl/N-ethyl adjacent to an activating group) is 1. The van der Waals surface area contributed by atoms with Gasteiger partial charge < -0.3 is 28.5 Å². The maximum Gasteiger partial charge on any atom is 0.361 e. The highest BCUT2D eigenvalue weighted by molar-refractivity contribution is 5.71. The summed E-state index contributed by atoms with van der Waals surface area (Å²) in [5, 5.41) is 9.71. The molecule has 0 aromatic carbocycles. The van der Waals surface area contributed by atoms with E-state index in [1.54, 1.807) is 0 Å². The van der Waals surface area contributed by atoms with Gasteiger partial charge in [0.05, 0.1) is 34.4 Å². The Balaban J connectivity index is 4.22. The predicted molar refractivity (Wildman–Crippen MR) is 300 cm³/mol. The highest BCUT2D eigenvalue weighted by atomic mass is 16.7. The van der Waals surface area contributed by atoms with Crippen molar-refractivity contribution in [1.82, 2.24) is 0 Å². The number of allylic oxidation sites excluding steroid dienone is 6. The minimum absolute atomic E-state index is 0.180. The average Bonchev–Trinajstić information content (AvgIpc) is 3.34. The van der Waals surface area contributed by atoms with Crippen molar-refractivity contribution in [1.29, 1.82) is 0 Å². The Morgan fingerprint density at radius 2 is 0.761 bits per heavy atom. The molecule has 0 heterocycles. The van der Waals surface area contributed by atoms with Gasteiger partial charge in [0.2, 0.25) is 0 Å². The Labute approximate surface area is 439 Å². The first-order valence-electron chi connectivity index (χ1n) is 30.2. The zero-order valence-electron chi connectivity index (χ0n) is 47.4. The number of carboxylic acid groups (broad SMARTS) is 1. The van der Waals surface area contributed by atoms with E-state index < -0.39 is 24.3 Å². The van der Waals surface area contributed by atoms with Crippen LogP contribution in [0.15, 0.2) is 36.5 Å². The lowest BCUT2D eigenvalue weighted by Crippen LogP contribution is -2.40. The molecule has 0 aliphatic rings. The van der Waals surface area contributed by atoms with Crippen molar-refractivity contribution in [3.05, 3.63) is 36.5 Å². The molecule has 0 fully saturated rings. The summed E-state index contributed by atoms with van der Waals surface area (Å²) in [6.07, 6.45) is 62.2. The van der Waals surface area contributed by atoms with E-state index >= 15 is 0 Å². The summed E-state index contributed by atoms with van der Waals surface area (Å²) in [7, 11) is 5.98. The van der Waals surface area contributed by atoms with Gasteiger partial charge in [-0.25, -0.2) is 4.79 Å². The second kappa shape index (κ2) is 53.8. The summed E-state index contributed by atoms with van der Waals surface area (Å²) in [5.74, 6) is -1.99. The molecule has 0 bridgehead atoms. The van der Waals surface area contributed by atoms with Crippen LogP contribution >= 0.6 is 0 Å². The van der Waals surface area contributed by atoms with E-state index in [9.17, 15) is 19.5 Å². The van der Waals surface area contributed by atoms with Gasteiger partial charge in [0.1, 0.15) is 13.2 Å². The van der Waals surface area contributed by atoms with E-state index in [-0.39, 0.29) is 32.2 Å². The molecule has 0 aliphatic heterocycles. The van der Waals surface area contributed by atoms with E-state index in [0.29, 0.717) is 17.4 Å². The van der Waals surface area contributed by atoms with Crippen molar-refractivity contribution in [3.63, 3.8) is 0 Å². The van der Waals surface area contributed by atoms with E-state index in [2.05, 4.69) is 50.3 Å². The van der Waals surface area contributed by atoms with Crippen molar-refractivity contribution in [3.8, 4) is 0 Å². The molecule has 0 spiro atoms. The van der Waals surface area contributed by atoms with Crippen LogP contribution in [-0.4, -0.2) is 87.4 Å². The summed E-state index contributed by atoms with van der Waals surface area (Å²) in [6, 6.07) is 0. The number of aliphatic carboxylic acids is 1. The molecule has 0 amide bonds. The molecule has 0 saturated carbocycles. The molecule has 71 heavy (non-hydrogen) atoms. The van der Waals surface area contributed by atoms with Gasteiger partial charge in [0, 0.05) is 12.8 Å². The fourth-order valence-electron chi connectivity index (χ4n) is 8.73. The number of quaternary nitrogens is 1. The molecule has 0 radical (unpaired) electrons. The third-order valence-corrected chi connectivity index (χ3v) is 13.4. The molecular formula is C62H116NO8+. The summed E-state index contributed by atoms with van der Waals surface area (Å²) in [5.41, 5.74) is 0. The lowest BCUT2D eigenvalue weighted by Gasteiger charge is -2.25. The molecule has 0 aromatic rings. The molecule has 0 rings (SSSR count). The van der Waals surface area contributed by atoms with Crippen LogP contribution < -0.4 is 0 Å². The van der Waals surface area contributed by atoms with Crippen molar-refractivity contribution in [2.75, 3.05) is 47.5 Å². The number of carboxylic acids is 1. The van der Waals surface area contributed by atoms with Gasteiger partial charge in [-0.1, -0.05) is 256 Å². The molecule has 0 saturated heterocycles. The van der Waals surface area contributed by atoms with Gasteiger partial charge in [-0.2, -0.15) is 0 Å². The molecule has 9 nitrogen and oxygen atoms in total. The van der Waals surface area contributed by atoms with Crippen molar-refractivity contribution < 1.29 is 42.9 Å². The van der Waals surface area contributed by atoms with Crippen LogP contribution in [-0.2, 0) is 33.3 Å². The zero-order chi connectivity index (χ0) is 52.0. The molecule has 1 N–H and O–H groups in total. The Morgan fingerprint density at radius 1 is 0.423 bits per heavy atom. The van der Waals surface area contributed by atoms with Gasteiger partial charge in [0.15, 0.2) is 6.10 Å². The second-order valence-electron chi connectivity index (χ2n) is 21.7. The highest BCUT2D eigenvalue weighted by Crippen LogP contribution is 2.17. The van der Waals surface area contributed by atoms with Gasteiger partial charge in [-0.3, -0.25) is 9.59 Å². The average molecular weight is 1000 g/mol. The number of hydrogen-bond donors (Lipinski definition) is 1. The predicted octanol–water partition coefficient (Wildman–Crippen LogP) is 17.7. The van der Waals surface area contributed by atoms with Crippen LogP contribution in [0.25, 0.3) is 0 Å². The SMILES string of the molecule is CCCCCCC/C=C\C/C=C\C/C=C\CCCCCCCCCCCCC(=O)OC(COC(=O)CCCCCCCCCCCCCCCCCCCCCCC)COC(OCC[N+](C)(C)C)C(=O)O. The van der Waals surface area contributed by atoms with Crippen LogP contribution in [0.4, 0.5) is 0 Å². The van der Waals surface area contributed by atoms with E-state index in [1.807, 2.05) is 21.1 Å². The minimum atomic E-state index is -1.51. The van der Waals surface area contributed by atoms with Crippen LogP contribution in [0, 0.1) is 0 Å². The molecule has 2 unspecified atom stereocenters. The Kier molecular flexibility index (Phi) is 51.9. The first-order valence-corrected chi connectivity index (χ1v) is 30.2. The molecule has 9 heteroatoms. The largest absolute Gasteiger partial charge is 0.477 e. The number of ether oxygens (including phenoxy) is 4. The standard InChI is InChI=1S/C62H115NO8/c1-6-8-10-12-14-16-18-20-22-24-26-28-29-30-31-33-35-37-39-41-43-45-47-49-51-53-60(65)71-58(57-70-62(61(66)67)68-55-54-63(3,4)5)56-69-59(64)52-50-48-46-44-42-40-38-36-34-32-27-25-23-21-19-17-15-13-11-9-7-2/h18,20,24,26,29-30,58,62H,6-17,19,21-23,25,27-28,31-57H2,1-5H3/p+1/b20-18-,26-24-,30-29-. The van der Waals surface area contributed by atoms with Gasteiger partial charge >= 0.3 is 17.9 Å². The topological polar surface area (TPSA) is 108 Å². The molecule has 0 aromatic heterocycles. The molecule has 0 aliphatic carbocycles. The maximum atomic E-state index is 12.9.